The van der Waals surface area contributed by atoms with Gasteiger partial charge in [0.15, 0.2) is 0 Å². The number of nitrogens with zero attached hydrogens (tertiary/aromatic N) is 1. The van der Waals surface area contributed by atoms with Gasteiger partial charge < -0.3 is 15.2 Å². The van der Waals surface area contributed by atoms with Gasteiger partial charge in [-0.05, 0) is 18.7 Å². The molecular weight excluding hydrogens is 217 g/mol. The number of carbonyl (C=O) groups is 1. The number of carboxylic acid groups (broad SMARTS) is 1. The summed E-state index contributed by atoms with van der Waals surface area (Å²) in [5.41, 5.74) is 0. The minimum Gasteiger partial charge on any atom is -0.859 e. The zero-order valence-corrected chi connectivity index (χ0v) is 12.1. The summed E-state index contributed by atoms with van der Waals surface area (Å²) in [6.07, 6.45) is 7.40. The van der Waals surface area contributed by atoms with Crippen molar-refractivity contribution in [1.82, 2.24) is 0 Å². The minimum atomic E-state index is -0.932. The van der Waals surface area contributed by atoms with E-state index in [-0.39, 0.29) is 48.4 Å². The van der Waals surface area contributed by atoms with Gasteiger partial charge in [0.25, 0.3) is 0 Å². The van der Waals surface area contributed by atoms with Crippen molar-refractivity contribution in [2.45, 2.75) is 39.0 Å². The second-order valence-corrected chi connectivity index (χ2v) is 3.26. The summed E-state index contributed by atoms with van der Waals surface area (Å²) in [5.74, 6) is -1.27. The average molecular weight is 235 g/mol. The van der Waals surface area contributed by atoms with Crippen LogP contribution in [0.2, 0.25) is 0 Å². The van der Waals surface area contributed by atoms with Crippen LogP contribution >= 0.6 is 0 Å². The van der Waals surface area contributed by atoms with Crippen LogP contribution in [0.5, 0.6) is 0 Å². The Labute approximate surface area is 119 Å². The summed E-state index contributed by atoms with van der Waals surface area (Å²) in [6.45, 7) is 2.18. The fourth-order valence-corrected chi connectivity index (χ4v) is 1.01. The van der Waals surface area contributed by atoms with Gasteiger partial charge in [0.05, 0.1) is 6.42 Å². The number of aliphatic imine (C=N–C) groups is 1. The monoisotopic (exact) mass is 235 g/mol. The zero-order chi connectivity index (χ0) is 11.5. The van der Waals surface area contributed by atoms with Crippen molar-refractivity contribution in [3.05, 3.63) is 12.2 Å². The number of hydrogen-bond acceptors (Lipinski definition) is 3. The number of allylic oxidation sites excluding steroid dienone is 1. The van der Waals surface area contributed by atoms with Crippen molar-refractivity contribution in [2.75, 3.05) is 6.54 Å². The van der Waals surface area contributed by atoms with Gasteiger partial charge in [-0.25, -0.2) is 0 Å². The predicted molar refractivity (Wildman–Crippen MR) is 57.8 cm³/mol. The van der Waals surface area contributed by atoms with Crippen molar-refractivity contribution < 1.29 is 44.6 Å². The van der Waals surface area contributed by atoms with Gasteiger partial charge in [-0.3, -0.25) is 4.79 Å². The molecule has 0 atom stereocenters. The molecule has 0 spiro atoms. The number of rotatable bonds is 8. The van der Waals surface area contributed by atoms with Crippen LogP contribution < -0.4 is 34.7 Å². The Bertz CT molecular complexity index is 239. The molecule has 0 aliphatic heterocycles. The maximum Gasteiger partial charge on any atom is 1.00 e. The molecule has 0 aliphatic rings. The summed E-state index contributed by atoms with van der Waals surface area (Å²) < 4.78 is 0. The first kappa shape index (κ1) is 18.1. The van der Waals surface area contributed by atoms with Crippen molar-refractivity contribution in [3.63, 3.8) is 0 Å². The molecule has 0 aromatic heterocycles. The summed E-state index contributed by atoms with van der Waals surface area (Å²) in [5, 5.41) is 19.3. The molecule has 1 N–H and O–H groups in total. The normalized spacial score (nSPS) is 11.4. The summed E-state index contributed by atoms with van der Waals surface area (Å²) in [6, 6.07) is 0. The molecule has 0 saturated heterocycles. The Hall–Kier alpha value is -0.320. The molecule has 0 radical (unpaired) electrons. The zero-order valence-electron chi connectivity index (χ0n) is 10.1. The Morgan fingerprint density at radius 1 is 1.44 bits per heavy atom. The topological polar surface area (TPSA) is 72.7 Å². The molecule has 0 fully saturated rings. The average Bonchev–Trinajstić information content (AvgIpc) is 2.17. The van der Waals surface area contributed by atoms with E-state index in [1.807, 2.05) is 0 Å². The largest absolute Gasteiger partial charge is 1.00 e. The second kappa shape index (κ2) is 12.7. The molecule has 0 bridgehead atoms. The number of unbranched alkanes of at least 4 members (excludes halogenated alkanes) is 3. The summed E-state index contributed by atoms with van der Waals surface area (Å²) in [4.78, 5) is 13.7. The molecule has 86 valence electrons. The van der Waals surface area contributed by atoms with Crippen LogP contribution in [0.15, 0.2) is 17.1 Å². The number of aliphatic carboxylic acids is 1. The van der Waals surface area contributed by atoms with Gasteiger partial charge in [0.2, 0.25) is 0 Å². The molecule has 0 saturated carbocycles. The first-order valence-electron chi connectivity index (χ1n) is 5.26. The standard InChI is InChI=1S/C11H19NO3.Na/c1-2-3-4-5-6-7-10(13)12-9-8-11(14)15;/h6-7H,2-5,8-9H2,1H3,(H,12,13)(H,14,15);/q;+1/p-1/b7-6+;. The van der Waals surface area contributed by atoms with Crippen molar-refractivity contribution in [2.24, 2.45) is 4.99 Å². The fraction of sp³-hybridized carbons (Fsp3) is 0.636. The van der Waals surface area contributed by atoms with E-state index in [1.165, 1.54) is 6.08 Å². The van der Waals surface area contributed by atoms with Crippen LogP contribution in [0.25, 0.3) is 0 Å². The van der Waals surface area contributed by atoms with Crippen LogP contribution in [0.4, 0.5) is 0 Å². The Morgan fingerprint density at radius 2 is 2.12 bits per heavy atom. The molecule has 0 aliphatic carbocycles. The van der Waals surface area contributed by atoms with Crippen molar-refractivity contribution in [3.8, 4) is 0 Å². The van der Waals surface area contributed by atoms with E-state index in [2.05, 4.69) is 11.9 Å². The van der Waals surface area contributed by atoms with Crippen LogP contribution in [0.3, 0.4) is 0 Å². The van der Waals surface area contributed by atoms with Crippen LogP contribution in [0, 0.1) is 0 Å². The quantitative estimate of drug-likeness (QED) is 0.237. The molecule has 16 heavy (non-hydrogen) atoms. The van der Waals surface area contributed by atoms with Crippen molar-refractivity contribution >= 4 is 11.9 Å². The van der Waals surface area contributed by atoms with Gasteiger partial charge in [0.1, 0.15) is 0 Å². The van der Waals surface area contributed by atoms with Gasteiger partial charge in [0, 0.05) is 6.54 Å². The van der Waals surface area contributed by atoms with Crippen LogP contribution in [-0.4, -0.2) is 23.5 Å². The molecule has 0 rings (SSSR count). The van der Waals surface area contributed by atoms with E-state index in [0.29, 0.717) is 0 Å². The van der Waals surface area contributed by atoms with Gasteiger partial charge in [-0.1, -0.05) is 31.9 Å². The molecule has 0 heterocycles. The maximum absolute atomic E-state index is 11.0. The van der Waals surface area contributed by atoms with Gasteiger partial charge in [-0.2, -0.15) is 0 Å². The smallest absolute Gasteiger partial charge is 0.859 e. The third-order valence-electron chi connectivity index (χ3n) is 1.83. The molecule has 5 heteroatoms. The molecule has 4 nitrogen and oxygen atoms in total. The SMILES string of the molecule is CCCCC/C=C/C([O-])=NCCC(=O)O.[Na+]. The molecule has 0 aromatic carbocycles. The van der Waals surface area contributed by atoms with Crippen LogP contribution in [-0.2, 0) is 4.79 Å². The second-order valence-electron chi connectivity index (χ2n) is 3.26. The Kier molecular flexibility index (Phi) is 14.4. The number of carboxylic acids is 1. The third-order valence-corrected chi connectivity index (χ3v) is 1.83. The van der Waals surface area contributed by atoms with E-state index in [4.69, 9.17) is 5.11 Å². The molecule has 0 unspecified atom stereocenters. The Morgan fingerprint density at radius 3 is 2.69 bits per heavy atom. The van der Waals surface area contributed by atoms with Crippen LogP contribution in [0.1, 0.15) is 39.0 Å². The minimum absolute atomic E-state index is 0. The molecule has 0 aromatic rings. The molecule has 0 amide bonds. The van der Waals surface area contributed by atoms with Gasteiger partial charge >= 0.3 is 35.5 Å². The first-order valence-corrected chi connectivity index (χ1v) is 5.26. The maximum atomic E-state index is 11.0. The van der Waals surface area contributed by atoms with E-state index in [0.717, 1.165) is 25.7 Å². The fourth-order valence-electron chi connectivity index (χ4n) is 1.01. The van der Waals surface area contributed by atoms with E-state index >= 15 is 0 Å². The third kappa shape index (κ3) is 13.7. The predicted octanol–water partition coefficient (Wildman–Crippen LogP) is -1.64. The van der Waals surface area contributed by atoms with E-state index in [9.17, 15) is 9.90 Å². The summed E-state index contributed by atoms with van der Waals surface area (Å²) in [7, 11) is 0. The van der Waals surface area contributed by atoms with Gasteiger partial charge in [-0.15, -0.1) is 0 Å². The first-order chi connectivity index (χ1) is 7.16. The number of hydrogen-bond donors (Lipinski definition) is 1. The van der Waals surface area contributed by atoms with Crippen molar-refractivity contribution in [1.29, 1.82) is 0 Å². The summed E-state index contributed by atoms with van der Waals surface area (Å²) >= 11 is 0. The van der Waals surface area contributed by atoms with E-state index < -0.39 is 5.97 Å². The van der Waals surface area contributed by atoms with E-state index in [1.54, 1.807) is 6.08 Å². The Balaban J connectivity index is 0. The molecular formula is C11H18NNaO3.